The van der Waals surface area contributed by atoms with Crippen LogP contribution in [0.5, 0.6) is 0 Å². The number of nitrogen functional groups attached to an aromatic ring is 1. The minimum atomic E-state index is -0.315. The van der Waals surface area contributed by atoms with Gasteiger partial charge < -0.3 is 5.43 Å². The van der Waals surface area contributed by atoms with Crippen LogP contribution in [0.25, 0.3) is 0 Å². The minimum absolute atomic E-state index is 0. The molecule has 0 spiro atoms. The van der Waals surface area contributed by atoms with Crippen molar-refractivity contribution in [3.63, 3.8) is 0 Å². The summed E-state index contributed by atoms with van der Waals surface area (Å²) in [5.74, 6) is 5.38. The van der Waals surface area contributed by atoms with Gasteiger partial charge in [-0.25, -0.2) is 0 Å². The fourth-order valence-corrected chi connectivity index (χ4v) is 2.15. The summed E-state index contributed by atoms with van der Waals surface area (Å²) in [4.78, 5) is 10.5. The lowest BCUT2D eigenvalue weighted by Crippen LogP contribution is -2.14. The number of nitrogens with two attached hydrogens (primary N) is 1. The maximum Gasteiger partial charge on any atom is 0.273 e. The molecule has 16 heavy (non-hydrogen) atoms. The van der Waals surface area contributed by atoms with Crippen molar-refractivity contribution in [2.75, 3.05) is 5.43 Å². The van der Waals surface area contributed by atoms with Crippen molar-refractivity contribution in [2.45, 2.75) is 25.7 Å². The van der Waals surface area contributed by atoms with E-state index in [-0.39, 0.29) is 23.0 Å². The Bertz CT molecular complexity index is 409. The summed E-state index contributed by atoms with van der Waals surface area (Å²) in [7, 11) is 0. The van der Waals surface area contributed by atoms with E-state index < -0.39 is 0 Å². The first-order valence-corrected chi connectivity index (χ1v) is 5.00. The number of nitro groups is 1. The Kier molecular flexibility index (Phi) is 4.09. The topological polar surface area (TPSA) is 81.2 Å². The van der Waals surface area contributed by atoms with Crippen molar-refractivity contribution in [3.8, 4) is 0 Å². The van der Waals surface area contributed by atoms with E-state index in [1.54, 1.807) is 6.07 Å². The number of nitrogens with zero attached hydrogens (tertiary/aromatic N) is 1. The van der Waals surface area contributed by atoms with Crippen molar-refractivity contribution in [1.82, 2.24) is 0 Å². The van der Waals surface area contributed by atoms with Crippen molar-refractivity contribution < 1.29 is 4.92 Å². The fourth-order valence-electron chi connectivity index (χ4n) is 2.15. The average Bonchev–Trinajstić information content (AvgIpc) is 2.27. The first-order chi connectivity index (χ1) is 7.24. The van der Waals surface area contributed by atoms with Crippen LogP contribution in [0.15, 0.2) is 12.1 Å². The molecule has 0 aliphatic heterocycles. The van der Waals surface area contributed by atoms with Crippen LogP contribution in [0.2, 0.25) is 0 Å². The standard InChI is InChI=1S/C10H13N3O2.ClH/c11-12-9-5-6-10(13(14)15)8-4-2-1-3-7(8)9;/h5-6,12H,1-4,11H2;1H. The number of rotatable bonds is 2. The maximum atomic E-state index is 10.8. The number of nitrogens with one attached hydrogen (secondary N) is 1. The summed E-state index contributed by atoms with van der Waals surface area (Å²) in [5.41, 5.74) is 5.50. The molecule has 1 aromatic carbocycles. The molecule has 1 aliphatic carbocycles. The van der Waals surface area contributed by atoms with Gasteiger partial charge in [0.05, 0.1) is 10.6 Å². The number of hydrogen-bond acceptors (Lipinski definition) is 4. The summed E-state index contributed by atoms with van der Waals surface area (Å²) < 4.78 is 0. The van der Waals surface area contributed by atoms with E-state index in [2.05, 4.69) is 5.43 Å². The quantitative estimate of drug-likeness (QED) is 0.474. The maximum absolute atomic E-state index is 10.8. The second kappa shape index (κ2) is 5.14. The zero-order chi connectivity index (χ0) is 10.8. The molecule has 2 rings (SSSR count). The fraction of sp³-hybridized carbons (Fsp3) is 0.400. The summed E-state index contributed by atoms with van der Waals surface area (Å²) in [6.07, 6.45) is 3.74. The van der Waals surface area contributed by atoms with Crippen molar-refractivity contribution in [1.29, 1.82) is 0 Å². The van der Waals surface area contributed by atoms with Gasteiger partial charge in [-0.3, -0.25) is 16.0 Å². The third-order valence-electron chi connectivity index (χ3n) is 2.86. The molecular weight excluding hydrogens is 230 g/mol. The van der Waals surface area contributed by atoms with Gasteiger partial charge >= 0.3 is 0 Å². The van der Waals surface area contributed by atoms with Crippen LogP contribution in [0, 0.1) is 10.1 Å². The van der Waals surface area contributed by atoms with Crippen LogP contribution in [-0.4, -0.2) is 4.92 Å². The van der Waals surface area contributed by atoms with Gasteiger partial charge in [0.2, 0.25) is 0 Å². The molecule has 0 saturated carbocycles. The summed E-state index contributed by atoms with van der Waals surface area (Å²) >= 11 is 0. The Balaban J connectivity index is 0.00000128. The zero-order valence-electron chi connectivity index (χ0n) is 8.73. The molecule has 5 nitrogen and oxygen atoms in total. The van der Waals surface area contributed by atoms with Crippen LogP contribution in [-0.2, 0) is 12.8 Å². The second-order valence-electron chi connectivity index (χ2n) is 3.70. The van der Waals surface area contributed by atoms with Gasteiger partial charge in [-0.05, 0) is 37.3 Å². The Morgan fingerprint density at radius 2 is 1.88 bits per heavy atom. The Morgan fingerprint density at radius 1 is 1.25 bits per heavy atom. The predicted octanol–water partition coefficient (Wildman–Crippen LogP) is 2.18. The molecule has 6 heteroatoms. The lowest BCUT2D eigenvalue weighted by atomic mass is 9.89. The van der Waals surface area contributed by atoms with E-state index in [0.717, 1.165) is 42.5 Å². The van der Waals surface area contributed by atoms with Crippen LogP contribution >= 0.6 is 12.4 Å². The highest BCUT2D eigenvalue weighted by atomic mass is 35.5. The summed E-state index contributed by atoms with van der Waals surface area (Å²) in [6.45, 7) is 0. The summed E-state index contributed by atoms with van der Waals surface area (Å²) in [6, 6.07) is 3.21. The van der Waals surface area contributed by atoms with E-state index in [1.807, 2.05) is 0 Å². The lowest BCUT2D eigenvalue weighted by molar-refractivity contribution is -0.385. The monoisotopic (exact) mass is 243 g/mol. The van der Waals surface area contributed by atoms with Gasteiger partial charge in [0.15, 0.2) is 0 Å². The molecule has 0 aromatic heterocycles. The Hall–Kier alpha value is -1.33. The van der Waals surface area contributed by atoms with Gasteiger partial charge in [-0.2, -0.15) is 0 Å². The van der Waals surface area contributed by atoms with Gasteiger partial charge in [-0.15, -0.1) is 12.4 Å². The molecule has 0 unspecified atom stereocenters. The first kappa shape index (κ1) is 12.7. The predicted molar refractivity (Wildman–Crippen MR) is 64.8 cm³/mol. The Morgan fingerprint density at radius 3 is 2.44 bits per heavy atom. The number of hydrogen-bond donors (Lipinski definition) is 2. The highest BCUT2D eigenvalue weighted by molar-refractivity contribution is 5.85. The smallest absolute Gasteiger partial charge is 0.273 e. The molecule has 3 N–H and O–H groups in total. The largest absolute Gasteiger partial charge is 0.324 e. The number of halogens is 1. The third-order valence-corrected chi connectivity index (χ3v) is 2.86. The van der Waals surface area contributed by atoms with E-state index in [0.29, 0.717) is 0 Å². The van der Waals surface area contributed by atoms with Gasteiger partial charge in [0, 0.05) is 11.6 Å². The lowest BCUT2D eigenvalue weighted by Gasteiger charge is -2.18. The first-order valence-electron chi connectivity index (χ1n) is 5.00. The van der Waals surface area contributed by atoms with Crippen molar-refractivity contribution >= 4 is 23.8 Å². The molecule has 0 heterocycles. The third kappa shape index (κ3) is 2.10. The molecule has 88 valence electrons. The molecular formula is C10H14ClN3O2. The Labute approximate surface area is 99.6 Å². The molecule has 0 fully saturated rings. The normalized spacial score (nSPS) is 13.6. The minimum Gasteiger partial charge on any atom is -0.324 e. The average molecular weight is 244 g/mol. The molecule has 1 aliphatic rings. The zero-order valence-corrected chi connectivity index (χ0v) is 9.55. The van der Waals surface area contributed by atoms with Crippen LogP contribution in [0.3, 0.4) is 0 Å². The number of hydrazine groups is 1. The molecule has 0 atom stereocenters. The summed E-state index contributed by atoms with van der Waals surface area (Å²) in [5, 5.41) is 10.8. The highest BCUT2D eigenvalue weighted by Gasteiger charge is 2.22. The van der Waals surface area contributed by atoms with Crippen LogP contribution in [0.4, 0.5) is 11.4 Å². The molecule has 0 bridgehead atoms. The van der Waals surface area contributed by atoms with Gasteiger partial charge in [-0.1, -0.05) is 0 Å². The number of anilines is 1. The SMILES string of the molecule is Cl.NNc1ccc([N+](=O)[O-])c2c1CCCC2. The van der Waals surface area contributed by atoms with E-state index in [9.17, 15) is 10.1 Å². The van der Waals surface area contributed by atoms with E-state index in [1.165, 1.54) is 6.07 Å². The highest BCUT2D eigenvalue weighted by Crippen LogP contribution is 2.34. The number of nitro benzene ring substituents is 1. The van der Waals surface area contributed by atoms with Crippen LogP contribution < -0.4 is 11.3 Å². The molecule has 0 radical (unpaired) electrons. The number of benzene rings is 1. The van der Waals surface area contributed by atoms with Gasteiger partial charge in [0.1, 0.15) is 0 Å². The molecule has 0 amide bonds. The van der Waals surface area contributed by atoms with E-state index in [4.69, 9.17) is 5.84 Å². The second-order valence-corrected chi connectivity index (χ2v) is 3.70. The molecule has 0 saturated heterocycles. The van der Waals surface area contributed by atoms with Gasteiger partial charge in [0.25, 0.3) is 5.69 Å². The van der Waals surface area contributed by atoms with Crippen LogP contribution in [0.1, 0.15) is 24.0 Å². The van der Waals surface area contributed by atoms with Crippen molar-refractivity contribution in [2.24, 2.45) is 5.84 Å². The van der Waals surface area contributed by atoms with E-state index >= 15 is 0 Å². The van der Waals surface area contributed by atoms with Crippen molar-refractivity contribution in [3.05, 3.63) is 33.4 Å². The molecule has 1 aromatic rings. The number of fused-ring (bicyclic) bond motifs is 1.